The van der Waals surface area contributed by atoms with E-state index in [2.05, 4.69) is 5.32 Å². The minimum absolute atomic E-state index is 0.321. The fourth-order valence-corrected chi connectivity index (χ4v) is 1.61. The van der Waals surface area contributed by atoms with Gasteiger partial charge in [-0.3, -0.25) is 14.4 Å². The summed E-state index contributed by atoms with van der Waals surface area (Å²) in [6.07, 6.45) is 0. The van der Waals surface area contributed by atoms with Gasteiger partial charge in [0.1, 0.15) is 0 Å². The van der Waals surface area contributed by atoms with Crippen molar-refractivity contribution in [2.24, 2.45) is 0 Å². The first kappa shape index (κ1) is 9.58. The molecule has 1 aromatic carbocycles. The van der Waals surface area contributed by atoms with E-state index >= 15 is 0 Å². The van der Waals surface area contributed by atoms with E-state index in [0.717, 1.165) is 0 Å². The van der Waals surface area contributed by atoms with Crippen molar-refractivity contribution in [2.45, 2.75) is 13.0 Å². The van der Waals surface area contributed by atoms with Crippen LogP contribution in [0, 0.1) is 0 Å². The average molecular weight is 203 g/mol. The fourth-order valence-electron chi connectivity index (χ4n) is 1.61. The summed E-state index contributed by atoms with van der Waals surface area (Å²) in [7, 11) is 0. The van der Waals surface area contributed by atoms with E-state index in [1.165, 1.54) is 6.92 Å². The molecule has 1 aromatic rings. The zero-order chi connectivity index (χ0) is 11.0. The van der Waals surface area contributed by atoms with Crippen LogP contribution in [-0.2, 0) is 4.79 Å². The minimum Gasteiger partial charge on any atom is -0.335 e. The van der Waals surface area contributed by atoms with Crippen molar-refractivity contribution < 1.29 is 14.4 Å². The Labute approximate surface area is 86.3 Å². The van der Waals surface area contributed by atoms with E-state index in [1.807, 2.05) is 0 Å². The van der Waals surface area contributed by atoms with Crippen molar-refractivity contribution >= 4 is 17.5 Å². The Hall–Kier alpha value is -1.97. The van der Waals surface area contributed by atoms with E-state index in [-0.39, 0.29) is 17.5 Å². The summed E-state index contributed by atoms with van der Waals surface area (Å²) in [6.45, 7) is 1.29. The van der Waals surface area contributed by atoms with Crippen molar-refractivity contribution in [1.29, 1.82) is 0 Å². The second kappa shape index (κ2) is 3.31. The number of hydrogen-bond donors (Lipinski definition) is 1. The molecule has 15 heavy (non-hydrogen) atoms. The van der Waals surface area contributed by atoms with E-state index in [9.17, 15) is 14.4 Å². The van der Waals surface area contributed by atoms with Gasteiger partial charge in [0, 0.05) is 5.56 Å². The molecule has 0 spiro atoms. The topological polar surface area (TPSA) is 63.2 Å². The summed E-state index contributed by atoms with van der Waals surface area (Å²) in [5, 5.41) is 2.38. The number of nitrogens with one attached hydrogen (secondary N) is 1. The monoisotopic (exact) mass is 203 g/mol. The molecule has 1 unspecified atom stereocenters. The lowest BCUT2D eigenvalue weighted by Crippen LogP contribution is -2.49. The Kier molecular flexibility index (Phi) is 2.11. The van der Waals surface area contributed by atoms with Gasteiger partial charge in [0.25, 0.3) is 5.91 Å². The number of benzene rings is 1. The third-order valence-electron chi connectivity index (χ3n) is 2.38. The maximum Gasteiger partial charge on any atom is 0.252 e. The third kappa shape index (κ3) is 1.44. The highest BCUT2D eigenvalue weighted by Crippen LogP contribution is 2.16. The molecule has 1 aliphatic heterocycles. The van der Waals surface area contributed by atoms with E-state index in [0.29, 0.717) is 11.1 Å². The summed E-state index contributed by atoms with van der Waals surface area (Å²) in [4.78, 5) is 34.4. The SMILES string of the molecule is CC(=O)C1NC(=O)c2ccccc2C1=O. The van der Waals surface area contributed by atoms with Gasteiger partial charge < -0.3 is 5.32 Å². The van der Waals surface area contributed by atoms with Gasteiger partial charge in [0.05, 0.1) is 5.56 Å². The van der Waals surface area contributed by atoms with Crippen LogP contribution in [0.15, 0.2) is 24.3 Å². The highest BCUT2D eigenvalue weighted by molar-refractivity contribution is 6.22. The molecule has 0 bridgehead atoms. The molecule has 0 aromatic heterocycles. The van der Waals surface area contributed by atoms with E-state index in [4.69, 9.17) is 0 Å². The summed E-state index contributed by atoms with van der Waals surface area (Å²) in [5.41, 5.74) is 0.654. The van der Waals surface area contributed by atoms with Crippen molar-refractivity contribution in [2.75, 3.05) is 0 Å². The molecule has 0 fully saturated rings. The van der Waals surface area contributed by atoms with Gasteiger partial charge in [0.2, 0.25) is 0 Å². The zero-order valence-corrected chi connectivity index (χ0v) is 8.11. The van der Waals surface area contributed by atoms with Crippen LogP contribution in [0.3, 0.4) is 0 Å². The molecule has 1 N–H and O–H groups in total. The molecule has 1 heterocycles. The molecule has 0 saturated heterocycles. The smallest absolute Gasteiger partial charge is 0.252 e. The Morgan fingerprint density at radius 2 is 1.80 bits per heavy atom. The maximum absolute atomic E-state index is 11.8. The first-order chi connectivity index (χ1) is 7.11. The Bertz CT molecular complexity index is 465. The fraction of sp³-hybridized carbons (Fsp3) is 0.182. The lowest BCUT2D eigenvalue weighted by Gasteiger charge is -2.21. The van der Waals surface area contributed by atoms with Crippen LogP contribution in [-0.4, -0.2) is 23.5 Å². The zero-order valence-electron chi connectivity index (χ0n) is 8.11. The second-order valence-electron chi connectivity index (χ2n) is 3.43. The third-order valence-corrected chi connectivity index (χ3v) is 2.38. The highest BCUT2D eigenvalue weighted by Gasteiger charge is 2.33. The van der Waals surface area contributed by atoms with Gasteiger partial charge in [-0.15, -0.1) is 0 Å². The number of fused-ring (bicyclic) bond motifs is 1. The van der Waals surface area contributed by atoms with Crippen LogP contribution in [0.2, 0.25) is 0 Å². The van der Waals surface area contributed by atoms with E-state index < -0.39 is 6.04 Å². The van der Waals surface area contributed by atoms with Crippen LogP contribution in [0.25, 0.3) is 0 Å². The summed E-state index contributed by atoms with van der Waals surface area (Å²) < 4.78 is 0. The number of carbonyl (C=O) groups is 3. The van der Waals surface area contributed by atoms with Crippen molar-refractivity contribution in [3.8, 4) is 0 Å². The van der Waals surface area contributed by atoms with Crippen LogP contribution in [0.1, 0.15) is 27.6 Å². The van der Waals surface area contributed by atoms with Gasteiger partial charge >= 0.3 is 0 Å². The van der Waals surface area contributed by atoms with Gasteiger partial charge in [-0.2, -0.15) is 0 Å². The lowest BCUT2D eigenvalue weighted by atomic mass is 9.92. The van der Waals surface area contributed by atoms with Gasteiger partial charge in [-0.25, -0.2) is 0 Å². The quantitative estimate of drug-likeness (QED) is 0.679. The van der Waals surface area contributed by atoms with Crippen LogP contribution in [0.4, 0.5) is 0 Å². The largest absolute Gasteiger partial charge is 0.335 e. The molecular formula is C11H9NO3. The Morgan fingerprint density at radius 3 is 2.40 bits per heavy atom. The molecule has 0 aliphatic carbocycles. The number of Topliss-reactive ketones (excluding diaryl/α,β-unsaturated/α-hetero) is 2. The second-order valence-corrected chi connectivity index (χ2v) is 3.43. The number of amides is 1. The van der Waals surface area contributed by atoms with E-state index in [1.54, 1.807) is 24.3 Å². The van der Waals surface area contributed by atoms with Gasteiger partial charge in [-0.1, -0.05) is 18.2 Å². The number of hydrogen-bond acceptors (Lipinski definition) is 3. The summed E-state index contributed by atoms with van der Waals surface area (Å²) in [5.74, 6) is -1.05. The van der Waals surface area contributed by atoms with Crippen LogP contribution < -0.4 is 5.32 Å². The number of rotatable bonds is 1. The maximum atomic E-state index is 11.8. The Morgan fingerprint density at radius 1 is 1.20 bits per heavy atom. The van der Waals surface area contributed by atoms with Crippen molar-refractivity contribution in [3.05, 3.63) is 35.4 Å². The van der Waals surface area contributed by atoms with Crippen LogP contribution >= 0.6 is 0 Å². The predicted molar refractivity (Wildman–Crippen MR) is 52.7 cm³/mol. The lowest BCUT2D eigenvalue weighted by molar-refractivity contribution is -0.117. The summed E-state index contributed by atoms with van der Waals surface area (Å²) in [6, 6.07) is 5.46. The molecule has 0 radical (unpaired) electrons. The van der Waals surface area contributed by atoms with Gasteiger partial charge in [0.15, 0.2) is 17.6 Å². The molecule has 76 valence electrons. The number of ketones is 2. The average Bonchev–Trinajstić information content (AvgIpc) is 2.23. The molecule has 1 atom stereocenters. The molecular weight excluding hydrogens is 194 g/mol. The van der Waals surface area contributed by atoms with Crippen molar-refractivity contribution in [1.82, 2.24) is 5.32 Å². The van der Waals surface area contributed by atoms with Crippen LogP contribution in [0.5, 0.6) is 0 Å². The normalized spacial score (nSPS) is 19.4. The van der Waals surface area contributed by atoms with Gasteiger partial charge in [-0.05, 0) is 13.0 Å². The number of carbonyl (C=O) groups excluding carboxylic acids is 3. The first-order valence-electron chi connectivity index (χ1n) is 4.56. The molecule has 4 nitrogen and oxygen atoms in total. The highest BCUT2D eigenvalue weighted by atomic mass is 16.2. The summed E-state index contributed by atoms with van der Waals surface area (Å²) >= 11 is 0. The molecule has 4 heteroatoms. The minimum atomic E-state index is -1.02. The molecule has 2 rings (SSSR count). The molecule has 1 aliphatic rings. The first-order valence-corrected chi connectivity index (χ1v) is 4.56. The standard InChI is InChI=1S/C11H9NO3/c1-6(13)9-10(14)7-4-2-3-5-8(7)11(15)12-9/h2-5,9H,1H3,(H,12,15). The molecule has 1 amide bonds. The predicted octanol–water partition coefficient (Wildman–Crippen LogP) is 0.570. The van der Waals surface area contributed by atoms with Crippen molar-refractivity contribution in [3.63, 3.8) is 0 Å². The molecule has 0 saturated carbocycles. The Balaban J connectivity index is 2.53.